The SMILES string of the molecule is CC(=O)N[C@@H]1[C@H](OC2=C[C@@H]3OC(=O)C=C(C)[C@@H]3C=C2)O[C@H](COC(C)=O)[C@H](OC(C)=O)[C@@H]1OC(C)=O. The van der Waals surface area contributed by atoms with Crippen molar-refractivity contribution < 1.29 is 52.4 Å². The molecule has 3 rings (SSSR count). The second-order valence-corrected chi connectivity index (χ2v) is 8.58. The highest BCUT2D eigenvalue weighted by atomic mass is 16.7. The summed E-state index contributed by atoms with van der Waals surface area (Å²) in [5.41, 5.74) is 0.827. The first-order chi connectivity index (χ1) is 16.9. The summed E-state index contributed by atoms with van der Waals surface area (Å²) in [6.45, 7) is 6.21. The highest BCUT2D eigenvalue weighted by molar-refractivity contribution is 5.84. The van der Waals surface area contributed by atoms with Gasteiger partial charge in [0.1, 0.15) is 30.6 Å². The zero-order chi connectivity index (χ0) is 26.6. The largest absolute Gasteiger partial charge is 0.463 e. The van der Waals surface area contributed by atoms with Crippen LogP contribution < -0.4 is 5.32 Å². The lowest BCUT2D eigenvalue weighted by Gasteiger charge is -2.45. The van der Waals surface area contributed by atoms with E-state index in [0.717, 1.165) is 19.4 Å². The number of ether oxygens (including phenoxy) is 6. The van der Waals surface area contributed by atoms with Crippen LogP contribution in [-0.4, -0.2) is 73.1 Å². The standard InChI is InChI=1S/C24H29NO11/c1-11-8-20(30)35-18-9-16(6-7-17(11)18)34-24-21(25-12(2)26)23(33-15(5)29)22(32-14(4)28)19(36-24)10-31-13(3)27/h6-9,17-19,21-24H,10H2,1-5H3,(H,25,26)/t17-,18-,19+,21-,22-,23+,24+/m0/s1. The van der Waals surface area contributed by atoms with Crippen molar-refractivity contribution in [1.29, 1.82) is 0 Å². The second kappa shape index (κ2) is 11.4. The Balaban J connectivity index is 1.93. The molecule has 0 bridgehead atoms. The average molecular weight is 507 g/mol. The fourth-order valence-electron chi connectivity index (χ4n) is 4.20. The monoisotopic (exact) mass is 507 g/mol. The number of carbonyl (C=O) groups excluding carboxylic acids is 5. The Labute approximate surface area is 207 Å². The van der Waals surface area contributed by atoms with Crippen LogP contribution in [0.25, 0.3) is 0 Å². The molecule has 196 valence electrons. The van der Waals surface area contributed by atoms with Crippen molar-refractivity contribution in [2.75, 3.05) is 6.61 Å². The molecule has 1 fully saturated rings. The Morgan fingerprint density at radius 2 is 1.67 bits per heavy atom. The third kappa shape index (κ3) is 6.72. The quantitative estimate of drug-likeness (QED) is 0.381. The van der Waals surface area contributed by atoms with E-state index < -0.39 is 66.5 Å². The Kier molecular flexibility index (Phi) is 8.51. The van der Waals surface area contributed by atoms with E-state index in [1.807, 2.05) is 6.92 Å². The van der Waals surface area contributed by atoms with Gasteiger partial charge in [-0.1, -0.05) is 11.6 Å². The van der Waals surface area contributed by atoms with E-state index in [1.54, 1.807) is 18.2 Å². The predicted molar refractivity (Wildman–Crippen MR) is 119 cm³/mol. The zero-order valence-electron chi connectivity index (χ0n) is 20.5. The van der Waals surface area contributed by atoms with E-state index >= 15 is 0 Å². The summed E-state index contributed by atoms with van der Waals surface area (Å²) in [4.78, 5) is 59.1. The van der Waals surface area contributed by atoms with Gasteiger partial charge in [0.15, 0.2) is 12.2 Å². The molecule has 12 nitrogen and oxygen atoms in total. The van der Waals surface area contributed by atoms with Crippen molar-refractivity contribution in [1.82, 2.24) is 5.32 Å². The topological polar surface area (TPSA) is 153 Å². The Hall–Kier alpha value is -3.67. The van der Waals surface area contributed by atoms with Crippen molar-refractivity contribution in [2.45, 2.75) is 71.4 Å². The molecule has 0 aromatic heterocycles. The average Bonchev–Trinajstić information content (AvgIpc) is 2.75. The lowest BCUT2D eigenvalue weighted by Crippen LogP contribution is -2.66. The van der Waals surface area contributed by atoms with Crippen LogP contribution >= 0.6 is 0 Å². The van der Waals surface area contributed by atoms with E-state index in [4.69, 9.17) is 28.4 Å². The summed E-state index contributed by atoms with van der Waals surface area (Å²) in [5.74, 6) is -2.91. The first kappa shape index (κ1) is 26.9. The molecule has 0 aromatic carbocycles. The molecule has 1 N–H and O–H groups in total. The van der Waals surface area contributed by atoms with Crippen LogP contribution in [0, 0.1) is 5.92 Å². The Bertz CT molecular complexity index is 1010. The molecule has 12 heteroatoms. The van der Waals surface area contributed by atoms with Crippen LogP contribution in [-0.2, 0) is 52.4 Å². The second-order valence-electron chi connectivity index (χ2n) is 8.58. The van der Waals surface area contributed by atoms with Gasteiger partial charge in [0, 0.05) is 39.7 Å². The van der Waals surface area contributed by atoms with E-state index in [9.17, 15) is 24.0 Å². The summed E-state index contributed by atoms with van der Waals surface area (Å²) in [5, 5.41) is 2.62. The number of nitrogens with one attached hydrogen (secondary N) is 1. The summed E-state index contributed by atoms with van der Waals surface area (Å²) >= 11 is 0. The van der Waals surface area contributed by atoms with Crippen molar-refractivity contribution in [3.05, 3.63) is 35.6 Å². The molecule has 1 aliphatic carbocycles. The molecule has 3 aliphatic rings. The first-order valence-corrected chi connectivity index (χ1v) is 11.3. The molecule has 0 spiro atoms. The van der Waals surface area contributed by atoms with Gasteiger partial charge in [0.25, 0.3) is 0 Å². The zero-order valence-corrected chi connectivity index (χ0v) is 20.5. The van der Waals surface area contributed by atoms with Crippen LogP contribution in [0.2, 0.25) is 0 Å². The number of fused-ring (bicyclic) bond motifs is 1. The lowest BCUT2D eigenvalue weighted by molar-refractivity contribution is -0.268. The molecule has 1 amide bonds. The third-order valence-electron chi connectivity index (χ3n) is 5.60. The maximum atomic E-state index is 12.0. The maximum Gasteiger partial charge on any atom is 0.331 e. The van der Waals surface area contributed by atoms with Gasteiger partial charge >= 0.3 is 23.9 Å². The third-order valence-corrected chi connectivity index (χ3v) is 5.60. The van der Waals surface area contributed by atoms with Gasteiger partial charge < -0.3 is 33.7 Å². The van der Waals surface area contributed by atoms with Crippen LogP contribution in [0.5, 0.6) is 0 Å². The van der Waals surface area contributed by atoms with Gasteiger partial charge in [-0.25, -0.2) is 4.79 Å². The molecule has 2 heterocycles. The normalized spacial score (nSPS) is 31.0. The van der Waals surface area contributed by atoms with Gasteiger partial charge in [0.05, 0.1) is 0 Å². The summed E-state index contributed by atoms with van der Waals surface area (Å²) in [7, 11) is 0. The van der Waals surface area contributed by atoms with E-state index in [0.29, 0.717) is 0 Å². The van der Waals surface area contributed by atoms with Crippen molar-refractivity contribution in [3.63, 3.8) is 0 Å². The van der Waals surface area contributed by atoms with Crippen LogP contribution in [0.1, 0.15) is 34.6 Å². The number of hydrogen-bond donors (Lipinski definition) is 1. The molecule has 0 aromatic rings. The smallest absolute Gasteiger partial charge is 0.331 e. The molecule has 0 unspecified atom stereocenters. The highest BCUT2D eigenvalue weighted by Crippen LogP contribution is 2.33. The molecule has 2 aliphatic heterocycles. The minimum absolute atomic E-state index is 0.160. The van der Waals surface area contributed by atoms with Gasteiger partial charge in [-0.05, 0) is 19.1 Å². The summed E-state index contributed by atoms with van der Waals surface area (Å²) in [6.07, 6.45) is 1.02. The van der Waals surface area contributed by atoms with Gasteiger partial charge in [-0.15, -0.1) is 0 Å². The fourth-order valence-corrected chi connectivity index (χ4v) is 4.20. The molecular formula is C24H29NO11. The molecule has 1 saturated heterocycles. The van der Waals surface area contributed by atoms with E-state index in [2.05, 4.69) is 5.32 Å². The van der Waals surface area contributed by atoms with Crippen LogP contribution in [0.4, 0.5) is 0 Å². The minimum Gasteiger partial charge on any atom is -0.463 e. The number of rotatable bonds is 7. The molecule has 7 atom stereocenters. The maximum absolute atomic E-state index is 12.0. The molecular weight excluding hydrogens is 478 g/mol. The van der Waals surface area contributed by atoms with Gasteiger partial charge in [-0.2, -0.15) is 0 Å². The Morgan fingerprint density at radius 3 is 2.28 bits per heavy atom. The van der Waals surface area contributed by atoms with E-state index in [-0.39, 0.29) is 18.3 Å². The molecule has 0 radical (unpaired) electrons. The predicted octanol–water partition coefficient (Wildman–Crippen LogP) is 0.601. The van der Waals surface area contributed by atoms with Gasteiger partial charge in [0.2, 0.25) is 12.2 Å². The van der Waals surface area contributed by atoms with Crippen molar-refractivity contribution >= 4 is 29.8 Å². The summed E-state index contributed by atoms with van der Waals surface area (Å²) < 4.78 is 33.2. The number of carbonyl (C=O) groups is 5. The van der Waals surface area contributed by atoms with Crippen LogP contribution in [0.3, 0.4) is 0 Å². The van der Waals surface area contributed by atoms with Crippen LogP contribution in [0.15, 0.2) is 35.6 Å². The fraction of sp³-hybridized carbons (Fsp3) is 0.542. The molecule has 36 heavy (non-hydrogen) atoms. The van der Waals surface area contributed by atoms with Gasteiger partial charge in [-0.3, -0.25) is 19.2 Å². The molecule has 0 saturated carbocycles. The number of amides is 1. The Morgan fingerprint density at radius 1 is 1.00 bits per heavy atom. The number of esters is 4. The first-order valence-electron chi connectivity index (χ1n) is 11.3. The van der Waals surface area contributed by atoms with Crippen molar-refractivity contribution in [3.8, 4) is 0 Å². The van der Waals surface area contributed by atoms with E-state index in [1.165, 1.54) is 19.9 Å². The highest BCUT2D eigenvalue weighted by Gasteiger charge is 2.52. The minimum atomic E-state index is -1.27. The number of hydrogen-bond acceptors (Lipinski definition) is 11. The lowest BCUT2D eigenvalue weighted by atomic mass is 9.88. The number of allylic oxidation sites excluding steroid dienone is 1. The van der Waals surface area contributed by atoms with Crippen molar-refractivity contribution in [2.24, 2.45) is 5.92 Å². The summed E-state index contributed by atoms with van der Waals surface area (Å²) in [6, 6.07) is -1.12.